The zero-order valence-corrected chi connectivity index (χ0v) is 11.4. The van der Waals surface area contributed by atoms with E-state index < -0.39 is 6.17 Å². The van der Waals surface area contributed by atoms with Gasteiger partial charge in [-0.25, -0.2) is 9.37 Å². The predicted molar refractivity (Wildman–Crippen MR) is 72.5 cm³/mol. The number of piperazine rings is 1. The Morgan fingerprint density at radius 3 is 2.58 bits per heavy atom. The van der Waals surface area contributed by atoms with E-state index in [9.17, 15) is 4.39 Å². The Bertz CT molecular complexity index is 422. The summed E-state index contributed by atoms with van der Waals surface area (Å²) in [5.74, 6) is 0.934. The molecule has 0 radical (unpaired) electrons. The molecule has 19 heavy (non-hydrogen) atoms. The van der Waals surface area contributed by atoms with Crippen molar-refractivity contribution in [1.29, 1.82) is 0 Å². The van der Waals surface area contributed by atoms with Gasteiger partial charge in [-0.05, 0) is 12.1 Å². The van der Waals surface area contributed by atoms with Crippen molar-refractivity contribution in [3.8, 4) is 0 Å². The van der Waals surface area contributed by atoms with E-state index >= 15 is 0 Å². The molecule has 104 valence electrons. The number of halogens is 2. The average molecular weight is 286 g/mol. The van der Waals surface area contributed by atoms with Crippen LogP contribution in [-0.4, -0.2) is 61.5 Å². The van der Waals surface area contributed by atoms with Gasteiger partial charge in [0.25, 0.3) is 0 Å². The second-order valence-corrected chi connectivity index (χ2v) is 5.41. The summed E-state index contributed by atoms with van der Waals surface area (Å²) >= 11 is 5.83. The van der Waals surface area contributed by atoms with E-state index in [4.69, 9.17) is 16.3 Å². The molecule has 0 saturated carbocycles. The van der Waals surface area contributed by atoms with Gasteiger partial charge < -0.3 is 9.64 Å². The first-order chi connectivity index (χ1) is 9.24. The van der Waals surface area contributed by atoms with Gasteiger partial charge in [-0.15, -0.1) is 0 Å². The fourth-order valence-corrected chi connectivity index (χ4v) is 2.80. The van der Waals surface area contributed by atoms with E-state index in [0.29, 0.717) is 11.6 Å². The number of ether oxygens (including phenoxy) is 1. The van der Waals surface area contributed by atoms with Gasteiger partial charge in [-0.2, -0.15) is 0 Å². The van der Waals surface area contributed by atoms with E-state index in [0.717, 1.165) is 32.0 Å². The summed E-state index contributed by atoms with van der Waals surface area (Å²) in [5.41, 5.74) is 0. The lowest BCUT2D eigenvalue weighted by atomic mass is 10.1. The summed E-state index contributed by atoms with van der Waals surface area (Å²) in [6, 6.07) is 3.70. The van der Waals surface area contributed by atoms with Gasteiger partial charge in [0.2, 0.25) is 0 Å². The van der Waals surface area contributed by atoms with Gasteiger partial charge >= 0.3 is 0 Å². The van der Waals surface area contributed by atoms with Crippen molar-refractivity contribution in [3.63, 3.8) is 0 Å². The van der Waals surface area contributed by atoms with Gasteiger partial charge in [-0.1, -0.05) is 11.6 Å². The Kier molecular flexibility index (Phi) is 3.86. The quantitative estimate of drug-likeness (QED) is 0.825. The molecule has 2 aliphatic heterocycles. The van der Waals surface area contributed by atoms with Crippen molar-refractivity contribution < 1.29 is 9.13 Å². The second kappa shape index (κ2) is 5.61. The van der Waals surface area contributed by atoms with Crippen LogP contribution in [0.1, 0.15) is 0 Å². The molecule has 0 aliphatic carbocycles. The molecular weight excluding hydrogens is 269 g/mol. The van der Waals surface area contributed by atoms with Crippen LogP contribution >= 0.6 is 11.6 Å². The Morgan fingerprint density at radius 1 is 1.21 bits per heavy atom. The summed E-state index contributed by atoms with van der Waals surface area (Å²) in [6.07, 6.45) is 0.811. The largest absolute Gasteiger partial charge is 0.377 e. The van der Waals surface area contributed by atoms with Crippen molar-refractivity contribution in [2.24, 2.45) is 0 Å². The van der Waals surface area contributed by atoms with Gasteiger partial charge in [0.05, 0.1) is 24.3 Å². The van der Waals surface area contributed by atoms with E-state index in [-0.39, 0.29) is 12.6 Å². The Hall–Kier alpha value is -0.910. The fraction of sp³-hybridized carbons (Fsp3) is 0.615. The maximum atomic E-state index is 13.6. The molecule has 0 bridgehead atoms. The van der Waals surface area contributed by atoms with E-state index in [1.807, 2.05) is 12.1 Å². The highest BCUT2D eigenvalue weighted by molar-refractivity contribution is 6.30. The topological polar surface area (TPSA) is 28.6 Å². The summed E-state index contributed by atoms with van der Waals surface area (Å²) < 4.78 is 18.8. The minimum Gasteiger partial charge on any atom is -0.377 e. The summed E-state index contributed by atoms with van der Waals surface area (Å²) in [5, 5.41) is 0.644. The molecule has 2 saturated heterocycles. The first kappa shape index (κ1) is 13.1. The van der Waals surface area contributed by atoms with Crippen LogP contribution in [0.3, 0.4) is 0 Å². The number of aromatic nitrogens is 1. The second-order valence-electron chi connectivity index (χ2n) is 4.98. The normalized spacial score (nSPS) is 28.8. The van der Waals surface area contributed by atoms with E-state index in [1.54, 1.807) is 6.20 Å². The lowest BCUT2D eigenvalue weighted by Crippen LogP contribution is -2.53. The molecule has 0 spiro atoms. The molecule has 3 rings (SSSR count). The maximum Gasteiger partial charge on any atom is 0.141 e. The van der Waals surface area contributed by atoms with Crippen molar-refractivity contribution in [1.82, 2.24) is 9.88 Å². The van der Waals surface area contributed by atoms with Gasteiger partial charge in [0.1, 0.15) is 12.0 Å². The van der Waals surface area contributed by atoms with Crippen LogP contribution < -0.4 is 4.90 Å². The highest BCUT2D eigenvalue weighted by Crippen LogP contribution is 2.21. The van der Waals surface area contributed by atoms with E-state index in [1.165, 1.54) is 0 Å². The fourth-order valence-electron chi connectivity index (χ4n) is 2.69. The summed E-state index contributed by atoms with van der Waals surface area (Å²) in [7, 11) is 0. The lowest BCUT2D eigenvalue weighted by Gasteiger charge is -2.38. The highest BCUT2D eigenvalue weighted by atomic mass is 35.5. The van der Waals surface area contributed by atoms with Crippen molar-refractivity contribution in [2.75, 3.05) is 44.3 Å². The first-order valence-corrected chi connectivity index (χ1v) is 6.94. The Labute approximate surface area is 117 Å². The monoisotopic (exact) mass is 285 g/mol. The average Bonchev–Trinajstić information content (AvgIpc) is 2.86. The van der Waals surface area contributed by atoms with E-state index in [2.05, 4.69) is 14.8 Å². The van der Waals surface area contributed by atoms with Crippen LogP contribution in [0.2, 0.25) is 5.02 Å². The number of anilines is 1. The SMILES string of the molecule is FC1COCC1N1CCN(c2ccc(Cl)cn2)CC1. The van der Waals surface area contributed by atoms with Gasteiger partial charge in [0.15, 0.2) is 0 Å². The molecule has 6 heteroatoms. The van der Waals surface area contributed by atoms with Gasteiger partial charge in [0, 0.05) is 32.4 Å². The third-order valence-corrected chi connectivity index (χ3v) is 4.03. The van der Waals surface area contributed by atoms with Gasteiger partial charge in [-0.3, -0.25) is 4.90 Å². The smallest absolute Gasteiger partial charge is 0.141 e. The molecule has 4 nitrogen and oxygen atoms in total. The molecule has 0 amide bonds. The van der Waals surface area contributed by atoms with Crippen LogP contribution in [0.25, 0.3) is 0 Å². The van der Waals surface area contributed by atoms with Crippen molar-refractivity contribution in [3.05, 3.63) is 23.4 Å². The highest BCUT2D eigenvalue weighted by Gasteiger charge is 2.34. The first-order valence-electron chi connectivity index (χ1n) is 6.56. The maximum absolute atomic E-state index is 13.6. The number of pyridine rings is 1. The van der Waals surface area contributed by atoms with Crippen LogP contribution in [0.4, 0.5) is 10.2 Å². The Balaban J connectivity index is 1.58. The zero-order valence-electron chi connectivity index (χ0n) is 10.6. The molecule has 2 atom stereocenters. The number of hydrogen-bond donors (Lipinski definition) is 0. The molecule has 3 heterocycles. The third kappa shape index (κ3) is 2.83. The standard InChI is InChI=1S/C13H17ClFN3O/c14-10-1-2-13(16-7-10)18-5-3-17(4-6-18)12-9-19-8-11(12)15/h1-2,7,11-12H,3-6,8-9H2. The van der Waals surface area contributed by atoms with Crippen LogP contribution in [-0.2, 0) is 4.74 Å². The summed E-state index contributed by atoms with van der Waals surface area (Å²) in [6.45, 7) is 4.16. The van der Waals surface area contributed by atoms with Crippen LogP contribution in [0, 0.1) is 0 Å². The zero-order chi connectivity index (χ0) is 13.2. The van der Waals surface area contributed by atoms with Crippen molar-refractivity contribution >= 4 is 17.4 Å². The molecule has 1 aromatic heterocycles. The summed E-state index contributed by atoms with van der Waals surface area (Å²) in [4.78, 5) is 8.70. The predicted octanol–water partition coefficient (Wildman–Crippen LogP) is 1.59. The number of nitrogens with zero attached hydrogens (tertiary/aromatic N) is 3. The Morgan fingerprint density at radius 2 is 2.00 bits per heavy atom. The third-order valence-electron chi connectivity index (χ3n) is 3.80. The minimum absolute atomic E-state index is 0.0691. The molecule has 2 fully saturated rings. The number of hydrogen-bond acceptors (Lipinski definition) is 4. The lowest BCUT2D eigenvalue weighted by molar-refractivity contribution is 0.127. The molecule has 2 unspecified atom stereocenters. The van der Waals surface area contributed by atoms with Crippen LogP contribution in [0.5, 0.6) is 0 Å². The molecule has 1 aromatic rings. The molecule has 0 N–H and O–H groups in total. The minimum atomic E-state index is -0.847. The number of alkyl halides is 1. The molecular formula is C13H17ClFN3O. The van der Waals surface area contributed by atoms with Crippen molar-refractivity contribution in [2.45, 2.75) is 12.2 Å². The molecule has 0 aromatic carbocycles. The van der Waals surface area contributed by atoms with Crippen LogP contribution in [0.15, 0.2) is 18.3 Å². The number of rotatable bonds is 2. The molecule has 2 aliphatic rings.